The van der Waals surface area contributed by atoms with Gasteiger partial charge in [-0.05, 0) is 37.5 Å². The van der Waals surface area contributed by atoms with Crippen molar-refractivity contribution in [2.45, 2.75) is 32.5 Å². The van der Waals surface area contributed by atoms with Gasteiger partial charge in [0.2, 0.25) is 0 Å². The van der Waals surface area contributed by atoms with Crippen molar-refractivity contribution in [3.05, 3.63) is 35.4 Å². The Labute approximate surface area is 108 Å². The number of carbonyl (C=O) groups is 1. The lowest BCUT2D eigenvalue weighted by atomic mass is 10.1. The van der Waals surface area contributed by atoms with Crippen LogP contribution in [0.4, 0.5) is 0 Å². The van der Waals surface area contributed by atoms with Gasteiger partial charge in [0.05, 0.1) is 12.7 Å². The van der Waals surface area contributed by atoms with Crippen molar-refractivity contribution in [1.29, 1.82) is 0 Å². The summed E-state index contributed by atoms with van der Waals surface area (Å²) in [5.41, 5.74) is 1.69. The number of nitrogens with one attached hydrogen (secondary N) is 1. The molecule has 100 valence electrons. The number of rotatable bonds is 7. The Morgan fingerprint density at radius 3 is 2.61 bits per heavy atom. The molecule has 0 fully saturated rings. The van der Waals surface area contributed by atoms with Gasteiger partial charge < -0.3 is 15.2 Å². The Hall–Kier alpha value is -1.39. The number of hydrogen-bond donors (Lipinski definition) is 2. The van der Waals surface area contributed by atoms with Gasteiger partial charge in [-0.3, -0.25) is 4.79 Å². The molecule has 0 spiro atoms. The predicted molar refractivity (Wildman–Crippen MR) is 70.4 cm³/mol. The Balaban J connectivity index is 2.37. The first kappa shape index (κ1) is 14.7. The van der Waals surface area contributed by atoms with Gasteiger partial charge in [-0.15, -0.1) is 0 Å². The van der Waals surface area contributed by atoms with E-state index in [1.165, 1.54) is 0 Å². The largest absolute Gasteiger partial charge is 0.393 e. The van der Waals surface area contributed by atoms with Crippen LogP contribution in [0.2, 0.25) is 0 Å². The van der Waals surface area contributed by atoms with Gasteiger partial charge >= 0.3 is 0 Å². The summed E-state index contributed by atoms with van der Waals surface area (Å²) < 4.78 is 5.01. The fourth-order valence-electron chi connectivity index (χ4n) is 1.62. The third kappa shape index (κ3) is 5.29. The molecule has 2 N–H and O–H groups in total. The minimum Gasteiger partial charge on any atom is -0.393 e. The molecule has 0 aliphatic rings. The molecule has 0 bridgehead atoms. The van der Waals surface area contributed by atoms with E-state index in [-0.39, 0.29) is 12.0 Å². The number of amides is 1. The van der Waals surface area contributed by atoms with Gasteiger partial charge in [0.15, 0.2) is 0 Å². The quantitative estimate of drug-likeness (QED) is 0.725. The van der Waals surface area contributed by atoms with Crippen molar-refractivity contribution < 1.29 is 14.6 Å². The molecule has 18 heavy (non-hydrogen) atoms. The van der Waals surface area contributed by atoms with E-state index < -0.39 is 0 Å². The zero-order chi connectivity index (χ0) is 13.4. The van der Waals surface area contributed by atoms with Crippen molar-refractivity contribution in [3.8, 4) is 0 Å². The highest BCUT2D eigenvalue weighted by atomic mass is 16.5. The lowest BCUT2D eigenvalue weighted by molar-refractivity contribution is 0.0949. The molecule has 4 nitrogen and oxygen atoms in total. The SMILES string of the molecule is COCc1ccc(C(=O)NCCCC(C)O)cc1. The van der Waals surface area contributed by atoms with E-state index in [4.69, 9.17) is 9.84 Å². The van der Waals surface area contributed by atoms with E-state index in [1.54, 1.807) is 26.2 Å². The van der Waals surface area contributed by atoms with Crippen molar-refractivity contribution in [3.63, 3.8) is 0 Å². The summed E-state index contributed by atoms with van der Waals surface area (Å²) in [4.78, 5) is 11.8. The van der Waals surface area contributed by atoms with Crippen LogP contribution in [-0.2, 0) is 11.3 Å². The zero-order valence-electron chi connectivity index (χ0n) is 11.0. The summed E-state index contributed by atoms with van der Waals surface area (Å²) in [7, 11) is 1.64. The molecular formula is C14H21NO3. The van der Waals surface area contributed by atoms with E-state index in [9.17, 15) is 4.79 Å². The van der Waals surface area contributed by atoms with Crippen LogP contribution in [0.15, 0.2) is 24.3 Å². The van der Waals surface area contributed by atoms with E-state index in [2.05, 4.69) is 5.32 Å². The number of hydrogen-bond acceptors (Lipinski definition) is 3. The summed E-state index contributed by atoms with van der Waals surface area (Å²) in [6, 6.07) is 7.35. The molecule has 0 aliphatic heterocycles. The Morgan fingerprint density at radius 1 is 1.39 bits per heavy atom. The highest BCUT2D eigenvalue weighted by Gasteiger charge is 2.04. The summed E-state index contributed by atoms with van der Waals surface area (Å²) in [6.45, 7) is 2.89. The van der Waals surface area contributed by atoms with Crippen LogP contribution in [0.3, 0.4) is 0 Å². The minimum absolute atomic E-state index is 0.0791. The van der Waals surface area contributed by atoms with E-state index in [1.807, 2.05) is 12.1 Å². The molecule has 0 aromatic heterocycles. The third-order valence-corrected chi connectivity index (χ3v) is 2.61. The van der Waals surface area contributed by atoms with Crippen molar-refractivity contribution >= 4 is 5.91 Å². The monoisotopic (exact) mass is 251 g/mol. The van der Waals surface area contributed by atoms with Crippen LogP contribution in [-0.4, -0.2) is 30.8 Å². The second-order valence-corrected chi connectivity index (χ2v) is 4.38. The summed E-state index contributed by atoms with van der Waals surface area (Å²) in [5.74, 6) is -0.0791. The number of carbonyl (C=O) groups excluding carboxylic acids is 1. The third-order valence-electron chi connectivity index (χ3n) is 2.61. The number of aliphatic hydroxyl groups excluding tert-OH is 1. The van der Waals surface area contributed by atoms with Crippen LogP contribution in [0.1, 0.15) is 35.7 Å². The lowest BCUT2D eigenvalue weighted by Gasteiger charge is -2.07. The van der Waals surface area contributed by atoms with E-state index >= 15 is 0 Å². The van der Waals surface area contributed by atoms with E-state index in [0.29, 0.717) is 25.1 Å². The molecule has 0 radical (unpaired) electrons. The number of methoxy groups -OCH3 is 1. The van der Waals surface area contributed by atoms with Gasteiger partial charge in [-0.2, -0.15) is 0 Å². The number of ether oxygens (including phenoxy) is 1. The number of aliphatic hydroxyl groups is 1. The Bertz CT molecular complexity index is 360. The summed E-state index contributed by atoms with van der Waals surface area (Å²) >= 11 is 0. The second kappa shape index (κ2) is 7.84. The Kier molecular flexibility index (Phi) is 6.39. The normalized spacial score (nSPS) is 12.2. The fourth-order valence-corrected chi connectivity index (χ4v) is 1.62. The standard InChI is InChI=1S/C14H21NO3/c1-11(16)4-3-9-15-14(17)13-7-5-12(6-8-13)10-18-2/h5-8,11,16H,3-4,9-10H2,1-2H3,(H,15,17). The van der Waals surface area contributed by atoms with Gasteiger partial charge in [-0.25, -0.2) is 0 Å². The van der Waals surface area contributed by atoms with E-state index in [0.717, 1.165) is 12.0 Å². The van der Waals surface area contributed by atoms with Crippen molar-refractivity contribution in [1.82, 2.24) is 5.32 Å². The molecule has 4 heteroatoms. The average molecular weight is 251 g/mol. The average Bonchev–Trinajstić information content (AvgIpc) is 2.35. The van der Waals surface area contributed by atoms with Gasteiger partial charge in [0.25, 0.3) is 5.91 Å². The van der Waals surface area contributed by atoms with Crippen molar-refractivity contribution in [2.75, 3.05) is 13.7 Å². The van der Waals surface area contributed by atoms with Gasteiger partial charge in [0, 0.05) is 19.2 Å². The lowest BCUT2D eigenvalue weighted by Crippen LogP contribution is -2.25. The molecule has 1 rings (SSSR count). The zero-order valence-corrected chi connectivity index (χ0v) is 11.0. The molecule has 0 saturated carbocycles. The van der Waals surface area contributed by atoms with Crippen LogP contribution in [0.25, 0.3) is 0 Å². The fraction of sp³-hybridized carbons (Fsp3) is 0.500. The minimum atomic E-state index is -0.310. The van der Waals surface area contributed by atoms with Crippen LogP contribution < -0.4 is 5.32 Å². The summed E-state index contributed by atoms with van der Waals surface area (Å²) in [5, 5.41) is 11.9. The van der Waals surface area contributed by atoms with Gasteiger partial charge in [-0.1, -0.05) is 12.1 Å². The molecule has 1 aromatic carbocycles. The smallest absolute Gasteiger partial charge is 0.251 e. The number of benzene rings is 1. The molecule has 0 aliphatic carbocycles. The second-order valence-electron chi connectivity index (χ2n) is 4.38. The summed E-state index contributed by atoms with van der Waals surface area (Å²) in [6.07, 6.45) is 1.17. The topological polar surface area (TPSA) is 58.6 Å². The highest BCUT2D eigenvalue weighted by Crippen LogP contribution is 2.05. The van der Waals surface area contributed by atoms with Gasteiger partial charge in [0.1, 0.15) is 0 Å². The van der Waals surface area contributed by atoms with Crippen LogP contribution >= 0.6 is 0 Å². The Morgan fingerprint density at radius 2 is 2.06 bits per heavy atom. The van der Waals surface area contributed by atoms with Crippen LogP contribution in [0, 0.1) is 0 Å². The molecule has 1 atom stereocenters. The van der Waals surface area contributed by atoms with Crippen LogP contribution in [0.5, 0.6) is 0 Å². The predicted octanol–water partition coefficient (Wildman–Crippen LogP) is 1.72. The molecule has 1 amide bonds. The molecule has 0 heterocycles. The molecule has 1 aromatic rings. The first-order valence-electron chi connectivity index (χ1n) is 6.17. The van der Waals surface area contributed by atoms with Crippen molar-refractivity contribution in [2.24, 2.45) is 0 Å². The molecule has 1 unspecified atom stereocenters. The maximum Gasteiger partial charge on any atom is 0.251 e. The molecular weight excluding hydrogens is 230 g/mol. The maximum absolute atomic E-state index is 11.8. The highest BCUT2D eigenvalue weighted by molar-refractivity contribution is 5.94. The first-order chi connectivity index (χ1) is 8.63. The molecule has 0 saturated heterocycles. The maximum atomic E-state index is 11.8. The first-order valence-corrected chi connectivity index (χ1v) is 6.17.